The standard InChI is InChI=1S/C21H28N4OS/c1-15(2)13-22-20(26)18-8-6-7-17(12-18)14-27-21-23-16(3)11-19(24-21)25-9-4-5-10-25/h6-8,11-12,15H,4-5,9-10,13-14H2,1-3H3,(H,22,26). The van der Waals surface area contributed by atoms with Gasteiger partial charge < -0.3 is 10.2 Å². The molecular weight excluding hydrogens is 356 g/mol. The van der Waals surface area contributed by atoms with Crippen LogP contribution in [0, 0.1) is 12.8 Å². The van der Waals surface area contributed by atoms with Crippen molar-refractivity contribution in [2.45, 2.75) is 44.5 Å². The monoisotopic (exact) mass is 384 g/mol. The molecular formula is C21H28N4OS. The van der Waals surface area contributed by atoms with E-state index in [1.54, 1.807) is 11.8 Å². The summed E-state index contributed by atoms with van der Waals surface area (Å²) in [6.07, 6.45) is 2.47. The molecule has 1 fully saturated rings. The Morgan fingerprint density at radius 1 is 1.22 bits per heavy atom. The molecule has 1 N–H and O–H groups in total. The quantitative estimate of drug-likeness (QED) is 0.576. The van der Waals surface area contributed by atoms with E-state index in [0.29, 0.717) is 18.0 Å². The number of carbonyl (C=O) groups excluding carboxylic acids is 1. The highest BCUT2D eigenvalue weighted by Crippen LogP contribution is 2.25. The Morgan fingerprint density at radius 2 is 2.00 bits per heavy atom. The molecule has 0 spiro atoms. The second kappa shape index (κ2) is 9.22. The molecule has 1 amide bonds. The Kier molecular flexibility index (Phi) is 6.72. The molecule has 1 saturated heterocycles. The smallest absolute Gasteiger partial charge is 0.251 e. The molecule has 0 bridgehead atoms. The number of hydrogen-bond acceptors (Lipinski definition) is 5. The topological polar surface area (TPSA) is 58.1 Å². The lowest BCUT2D eigenvalue weighted by Crippen LogP contribution is -2.27. The van der Waals surface area contributed by atoms with E-state index in [4.69, 9.17) is 4.98 Å². The minimum Gasteiger partial charge on any atom is -0.356 e. The molecule has 2 aromatic rings. The number of amides is 1. The summed E-state index contributed by atoms with van der Waals surface area (Å²) in [5.41, 5.74) is 2.80. The van der Waals surface area contributed by atoms with E-state index in [-0.39, 0.29) is 5.91 Å². The molecule has 0 radical (unpaired) electrons. The first-order valence-electron chi connectivity index (χ1n) is 9.62. The Labute approximate surface area is 166 Å². The normalized spacial score (nSPS) is 14.0. The first kappa shape index (κ1) is 19.7. The second-order valence-electron chi connectivity index (χ2n) is 7.44. The van der Waals surface area contributed by atoms with Crippen LogP contribution in [-0.2, 0) is 5.75 Å². The number of aryl methyl sites for hydroxylation is 1. The van der Waals surface area contributed by atoms with Crippen LogP contribution in [0.1, 0.15) is 48.3 Å². The second-order valence-corrected chi connectivity index (χ2v) is 8.38. The number of aromatic nitrogens is 2. The highest BCUT2D eigenvalue weighted by molar-refractivity contribution is 7.98. The summed E-state index contributed by atoms with van der Waals surface area (Å²) in [4.78, 5) is 23.9. The van der Waals surface area contributed by atoms with Crippen LogP contribution in [0.25, 0.3) is 0 Å². The molecule has 27 heavy (non-hydrogen) atoms. The van der Waals surface area contributed by atoms with Gasteiger partial charge in [0, 0.05) is 42.7 Å². The van der Waals surface area contributed by atoms with Crippen LogP contribution in [0.3, 0.4) is 0 Å². The minimum atomic E-state index is -0.0151. The minimum absolute atomic E-state index is 0.0151. The van der Waals surface area contributed by atoms with E-state index in [1.165, 1.54) is 12.8 Å². The molecule has 0 aliphatic carbocycles. The van der Waals surface area contributed by atoms with E-state index < -0.39 is 0 Å². The van der Waals surface area contributed by atoms with Gasteiger partial charge in [-0.15, -0.1) is 0 Å². The van der Waals surface area contributed by atoms with Crippen molar-refractivity contribution in [1.29, 1.82) is 0 Å². The Hall–Kier alpha value is -2.08. The third-order valence-electron chi connectivity index (χ3n) is 4.48. The molecule has 0 atom stereocenters. The third kappa shape index (κ3) is 5.70. The van der Waals surface area contributed by atoms with Crippen LogP contribution in [0.2, 0.25) is 0 Å². The van der Waals surface area contributed by atoms with Gasteiger partial charge in [0.15, 0.2) is 5.16 Å². The van der Waals surface area contributed by atoms with Crippen LogP contribution in [0.5, 0.6) is 0 Å². The number of nitrogens with zero attached hydrogens (tertiary/aromatic N) is 3. The van der Waals surface area contributed by atoms with Crippen molar-refractivity contribution in [1.82, 2.24) is 15.3 Å². The van der Waals surface area contributed by atoms with Gasteiger partial charge in [-0.25, -0.2) is 9.97 Å². The van der Waals surface area contributed by atoms with Crippen molar-refractivity contribution in [2.24, 2.45) is 5.92 Å². The van der Waals surface area contributed by atoms with Crippen molar-refractivity contribution in [3.63, 3.8) is 0 Å². The molecule has 1 aliphatic rings. The molecule has 3 rings (SSSR count). The van der Waals surface area contributed by atoms with Gasteiger partial charge >= 0.3 is 0 Å². The van der Waals surface area contributed by atoms with Gasteiger partial charge in [-0.3, -0.25) is 4.79 Å². The Morgan fingerprint density at radius 3 is 2.74 bits per heavy atom. The lowest BCUT2D eigenvalue weighted by Gasteiger charge is -2.17. The number of rotatable bonds is 7. The number of thioether (sulfide) groups is 1. The summed E-state index contributed by atoms with van der Waals surface area (Å²) in [7, 11) is 0. The van der Waals surface area contributed by atoms with Crippen molar-refractivity contribution in [2.75, 3.05) is 24.5 Å². The highest BCUT2D eigenvalue weighted by Gasteiger charge is 2.15. The highest BCUT2D eigenvalue weighted by atomic mass is 32.2. The molecule has 6 heteroatoms. The number of benzene rings is 1. The average molecular weight is 385 g/mol. The summed E-state index contributed by atoms with van der Waals surface area (Å²) < 4.78 is 0. The Bertz CT molecular complexity index is 788. The van der Waals surface area contributed by atoms with Crippen molar-refractivity contribution < 1.29 is 4.79 Å². The predicted molar refractivity (Wildman–Crippen MR) is 111 cm³/mol. The third-order valence-corrected chi connectivity index (χ3v) is 5.40. The lowest BCUT2D eigenvalue weighted by molar-refractivity contribution is 0.0949. The molecule has 5 nitrogen and oxygen atoms in total. The van der Waals surface area contributed by atoms with E-state index >= 15 is 0 Å². The molecule has 0 saturated carbocycles. The zero-order chi connectivity index (χ0) is 19.2. The van der Waals surface area contributed by atoms with Crippen molar-refractivity contribution in [3.8, 4) is 0 Å². The van der Waals surface area contributed by atoms with Gasteiger partial charge in [0.1, 0.15) is 5.82 Å². The summed E-state index contributed by atoms with van der Waals surface area (Å²) >= 11 is 1.62. The van der Waals surface area contributed by atoms with Gasteiger partial charge in [0.2, 0.25) is 0 Å². The first-order valence-corrected chi connectivity index (χ1v) is 10.6. The van der Waals surface area contributed by atoms with Crippen LogP contribution < -0.4 is 10.2 Å². The van der Waals surface area contributed by atoms with Gasteiger partial charge in [0.25, 0.3) is 5.91 Å². The fourth-order valence-corrected chi connectivity index (χ4v) is 3.89. The summed E-state index contributed by atoms with van der Waals surface area (Å²) in [5, 5.41) is 3.77. The number of anilines is 1. The molecule has 144 valence electrons. The van der Waals surface area contributed by atoms with Crippen LogP contribution in [-0.4, -0.2) is 35.5 Å². The van der Waals surface area contributed by atoms with Crippen molar-refractivity contribution >= 4 is 23.5 Å². The van der Waals surface area contributed by atoms with E-state index in [9.17, 15) is 4.79 Å². The van der Waals surface area contributed by atoms with E-state index in [0.717, 1.165) is 41.1 Å². The van der Waals surface area contributed by atoms with E-state index in [1.807, 2.05) is 31.2 Å². The Balaban J connectivity index is 1.64. The molecule has 1 aromatic heterocycles. The number of hydrogen-bond donors (Lipinski definition) is 1. The summed E-state index contributed by atoms with van der Waals surface area (Å²) in [5.74, 6) is 2.20. The zero-order valence-electron chi connectivity index (χ0n) is 16.4. The van der Waals surface area contributed by atoms with Gasteiger partial charge in [-0.2, -0.15) is 0 Å². The van der Waals surface area contributed by atoms with Crippen LogP contribution in [0.4, 0.5) is 5.82 Å². The fraction of sp³-hybridized carbons (Fsp3) is 0.476. The number of nitrogens with one attached hydrogen (secondary N) is 1. The molecule has 2 heterocycles. The van der Waals surface area contributed by atoms with E-state index in [2.05, 4.69) is 35.1 Å². The first-order chi connectivity index (χ1) is 13.0. The zero-order valence-corrected chi connectivity index (χ0v) is 17.2. The van der Waals surface area contributed by atoms with Gasteiger partial charge in [-0.1, -0.05) is 37.7 Å². The predicted octanol–water partition coefficient (Wildman–Crippen LogP) is 4.06. The molecule has 1 aliphatic heterocycles. The molecule has 1 aromatic carbocycles. The molecule has 0 unspecified atom stereocenters. The maximum absolute atomic E-state index is 12.3. The summed E-state index contributed by atoms with van der Waals surface area (Å²) in [6.45, 7) is 9.04. The maximum Gasteiger partial charge on any atom is 0.251 e. The maximum atomic E-state index is 12.3. The SMILES string of the molecule is Cc1cc(N2CCCC2)nc(SCc2cccc(C(=O)NCC(C)C)c2)n1. The van der Waals surface area contributed by atoms with Crippen LogP contribution in [0.15, 0.2) is 35.5 Å². The van der Waals surface area contributed by atoms with Crippen molar-refractivity contribution in [3.05, 3.63) is 47.2 Å². The fourth-order valence-electron chi connectivity index (χ4n) is 3.05. The number of carbonyl (C=O) groups is 1. The largest absolute Gasteiger partial charge is 0.356 e. The van der Waals surface area contributed by atoms with Gasteiger partial charge in [0.05, 0.1) is 0 Å². The van der Waals surface area contributed by atoms with Gasteiger partial charge in [-0.05, 0) is 43.4 Å². The summed E-state index contributed by atoms with van der Waals surface area (Å²) in [6, 6.07) is 9.86. The van der Waals surface area contributed by atoms with Crippen LogP contribution >= 0.6 is 11.8 Å². The lowest BCUT2D eigenvalue weighted by atomic mass is 10.1. The average Bonchev–Trinajstić information content (AvgIpc) is 3.19.